The van der Waals surface area contributed by atoms with Crippen molar-refractivity contribution < 1.29 is 4.39 Å². The largest absolute Gasteiger partial charge is 0.292 e. The van der Waals surface area contributed by atoms with E-state index < -0.39 is 6.04 Å². The van der Waals surface area contributed by atoms with Crippen molar-refractivity contribution in [3.8, 4) is 6.07 Å². The van der Waals surface area contributed by atoms with E-state index in [2.05, 4.69) is 11.4 Å². The maximum Gasteiger partial charge on any atom is 0.123 e. The van der Waals surface area contributed by atoms with Crippen LogP contribution in [0.15, 0.2) is 54.6 Å². The van der Waals surface area contributed by atoms with E-state index in [1.807, 2.05) is 37.3 Å². The third-order valence-corrected chi connectivity index (χ3v) is 3.03. The van der Waals surface area contributed by atoms with Gasteiger partial charge in [0.1, 0.15) is 11.9 Å². The number of nitriles is 1. The second-order valence-corrected chi connectivity index (χ2v) is 4.42. The molecule has 2 unspecified atom stereocenters. The summed E-state index contributed by atoms with van der Waals surface area (Å²) in [5.41, 5.74) is 1.74. The van der Waals surface area contributed by atoms with Gasteiger partial charge < -0.3 is 0 Å². The van der Waals surface area contributed by atoms with Crippen molar-refractivity contribution in [2.24, 2.45) is 0 Å². The Labute approximate surface area is 112 Å². The van der Waals surface area contributed by atoms with Gasteiger partial charge in [-0.1, -0.05) is 42.5 Å². The first-order valence-corrected chi connectivity index (χ1v) is 6.17. The molecule has 3 heteroatoms. The van der Waals surface area contributed by atoms with E-state index in [-0.39, 0.29) is 11.9 Å². The van der Waals surface area contributed by atoms with Crippen molar-refractivity contribution in [2.45, 2.75) is 19.0 Å². The highest BCUT2D eigenvalue weighted by molar-refractivity contribution is 5.26. The van der Waals surface area contributed by atoms with E-state index in [0.29, 0.717) is 5.56 Å². The Morgan fingerprint density at radius 3 is 2.37 bits per heavy atom. The van der Waals surface area contributed by atoms with Gasteiger partial charge in [0.15, 0.2) is 0 Å². The van der Waals surface area contributed by atoms with Crippen LogP contribution in [0.4, 0.5) is 4.39 Å². The molecule has 2 atom stereocenters. The van der Waals surface area contributed by atoms with Crippen LogP contribution >= 0.6 is 0 Å². The normalized spacial score (nSPS) is 13.5. The second kappa shape index (κ2) is 6.12. The summed E-state index contributed by atoms with van der Waals surface area (Å²) in [5, 5.41) is 12.4. The van der Waals surface area contributed by atoms with Gasteiger partial charge in [0.25, 0.3) is 0 Å². The molecule has 0 fully saturated rings. The summed E-state index contributed by atoms with van der Waals surface area (Å²) in [6.07, 6.45) is 0. The van der Waals surface area contributed by atoms with Gasteiger partial charge >= 0.3 is 0 Å². The third-order valence-electron chi connectivity index (χ3n) is 3.03. The smallest absolute Gasteiger partial charge is 0.123 e. The number of nitrogens with zero attached hydrogens (tertiary/aromatic N) is 1. The quantitative estimate of drug-likeness (QED) is 0.902. The average molecular weight is 254 g/mol. The van der Waals surface area contributed by atoms with Crippen molar-refractivity contribution in [2.75, 3.05) is 0 Å². The van der Waals surface area contributed by atoms with Crippen LogP contribution in [0.2, 0.25) is 0 Å². The average Bonchev–Trinajstić information content (AvgIpc) is 2.45. The minimum Gasteiger partial charge on any atom is -0.292 e. The number of nitrogens with one attached hydrogen (secondary N) is 1. The van der Waals surface area contributed by atoms with Gasteiger partial charge in [-0.15, -0.1) is 0 Å². The Bertz CT molecular complexity index is 575. The van der Waals surface area contributed by atoms with Gasteiger partial charge in [-0.25, -0.2) is 4.39 Å². The van der Waals surface area contributed by atoms with Crippen LogP contribution in [0.5, 0.6) is 0 Å². The van der Waals surface area contributed by atoms with E-state index in [1.165, 1.54) is 12.1 Å². The number of rotatable bonds is 4. The molecule has 0 bridgehead atoms. The minimum absolute atomic E-state index is 0.0223. The monoisotopic (exact) mass is 254 g/mol. The molecule has 0 amide bonds. The van der Waals surface area contributed by atoms with Crippen LogP contribution in [0.3, 0.4) is 0 Å². The highest BCUT2D eigenvalue weighted by Crippen LogP contribution is 2.19. The molecule has 0 saturated heterocycles. The second-order valence-electron chi connectivity index (χ2n) is 4.42. The lowest BCUT2D eigenvalue weighted by atomic mass is 10.0. The fourth-order valence-electron chi connectivity index (χ4n) is 1.98. The number of hydrogen-bond acceptors (Lipinski definition) is 2. The van der Waals surface area contributed by atoms with Crippen LogP contribution in [0.25, 0.3) is 0 Å². The first-order chi connectivity index (χ1) is 9.20. The van der Waals surface area contributed by atoms with Crippen LogP contribution in [-0.2, 0) is 0 Å². The lowest BCUT2D eigenvalue weighted by Crippen LogP contribution is -2.23. The Hall–Kier alpha value is -2.18. The maximum atomic E-state index is 13.2. The lowest BCUT2D eigenvalue weighted by Gasteiger charge is -2.18. The topological polar surface area (TPSA) is 35.8 Å². The van der Waals surface area contributed by atoms with Crippen molar-refractivity contribution in [3.05, 3.63) is 71.5 Å². The molecule has 0 aromatic heterocycles. The molecule has 2 aromatic rings. The molecule has 0 saturated carbocycles. The van der Waals surface area contributed by atoms with Gasteiger partial charge in [0.2, 0.25) is 0 Å². The molecule has 0 aliphatic carbocycles. The molecular formula is C16H15FN2. The molecule has 2 nitrogen and oxygen atoms in total. The molecule has 0 heterocycles. The van der Waals surface area contributed by atoms with E-state index in [9.17, 15) is 9.65 Å². The van der Waals surface area contributed by atoms with Crippen LogP contribution in [-0.4, -0.2) is 0 Å². The van der Waals surface area contributed by atoms with E-state index in [1.54, 1.807) is 12.1 Å². The van der Waals surface area contributed by atoms with Crippen LogP contribution in [0.1, 0.15) is 30.1 Å². The molecule has 0 aliphatic heterocycles. The molecule has 1 N–H and O–H groups in total. The molecule has 2 rings (SSSR count). The Morgan fingerprint density at radius 1 is 1.05 bits per heavy atom. The van der Waals surface area contributed by atoms with Gasteiger partial charge in [0, 0.05) is 6.04 Å². The van der Waals surface area contributed by atoms with Gasteiger partial charge in [-0.2, -0.15) is 5.26 Å². The zero-order valence-corrected chi connectivity index (χ0v) is 10.7. The Balaban J connectivity index is 2.14. The van der Waals surface area contributed by atoms with Gasteiger partial charge in [-0.3, -0.25) is 5.32 Å². The number of halogens is 1. The fraction of sp³-hybridized carbons (Fsp3) is 0.188. The van der Waals surface area contributed by atoms with Gasteiger partial charge in [-0.05, 0) is 30.2 Å². The van der Waals surface area contributed by atoms with Crippen LogP contribution in [0, 0.1) is 17.1 Å². The molecule has 96 valence electrons. The zero-order chi connectivity index (χ0) is 13.7. The molecule has 0 aliphatic rings. The van der Waals surface area contributed by atoms with E-state index in [4.69, 9.17) is 0 Å². The summed E-state index contributed by atoms with van der Waals surface area (Å²) in [7, 11) is 0. The molecular weight excluding hydrogens is 239 g/mol. The molecule has 19 heavy (non-hydrogen) atoms. The summed E-state index contributed by atoms with van der Waals surface area (Å²) >= 11 is 0. The SMILES string of the molecule is CC(NC(C#N)c1cccc(F)c1)c1ccccc1. The van der Waals surface area contributed by atoms with Crippen molar-refractivity contribution >= 4 is 0 Å². The predicted molar refractivity (Wildman–Crippen MR) is 72.7 cm³/mol. The van der Waals surface area contributed by atoms with Gasteiger partial charge in [0.05, 0.1) is 6.07 Å². The van der Waals surface area contributed by atoms with Crippen molar-refractivity contribution in [1.29, 1.82) is 5.26 Å². The summed E-state index contributed by atoms with van der Waals surface area (Å²) in [6.45, 7) is 1.99. The number of hydrogen-bond donors (Lipinski definition) is 1. The first kappa shape index (κ1) is 13.3. The molecule has 0 spiro atoms. The summed E-state index contributed by atoms with van der Waals surface area (Å²) in [4.78, 5) is 0. The molecule has 0 radical (unpaired) electrons. The maximum absolute atomic E-state index is 13.2. The zero-order valence-electron chi connectivity index (χ0n) is 10.7. The highest BCUT2D eigenvalue weighted by Gasteiger charge is 2.14. The standard InChI is InChI=1S/C16H15FN2/c1-12(13-6-3-2-4-7-13)19-16(11-18)14-8-5-9-15(17)10-14/h2-10,12,16,19H,1H3. The van der Waals surface area contributed by atoms with Crippen LogP contribution < -0.4 is 5.32 Å². The highest BCUT2D eigenvalue weighted by atomic mass is 19.1. The Kier molecular flexibility index (Phi) is 4.27. The summed E-state index contributed by atoms with van der Waals surface area (Å²) < 4.78 is 13.2. The first-order valence-electron chi connectivity index (χ1n) is 6.17. The third kappa shape index (κ3) is 3.40. The Morgan fingerprint density at radius 2 is 1.74 bits per heavy atom. The summed E-state index contributed by atoms with van der Waals surface area (Å²) in [6, 6.07) is 17.7. The van der Waals surface area contributed by atoms with Crippen molar-refractivity contribution in [3.63, 3.8) is 0 Å². The fourth-order valence-corrected chi connectivity index (χ4v) is 1.98. The predicted octanol–water partition coefficient (Wildman–Crippen LogP) is 3.74. The van der Waals surface area contributed by atoms with E-state index >= 15 is 0 Å². The lowest BCUT2D eigenvalue weighted by molar-refractivity contribution is 0.530. The minimum atomic E-state index is -0.522. The van der Waals surface area contributed by atoms with Crippen molar-refractivity contribution in [1.82, 2.24) is 5.32 Å². The van der Waals surface area contributed by atoms with E-state index in [0.717, 1.165) is 5.56 Å². The number of benzene rings is 2. The summed E-state index contributed by atoms with van der Waals surface area (Å²) in [5.74, 6) is -0.327. The molecule has 2 aromatic carbocycles.